The fraction of sp³-hybridized carbons (Fsp3) is 0.300. The minimum Gasteiger partial charge on any atom is -0.342 e. The highest BCUT2D eigenvalue weighted by atomic mass is 16.2. The molecule has 0 heterocycles. The topological polar surface area (TPSA) is 81.1 Å². The van der Waals surface area contributed by atoms with Gasteiger partial charge in [0.1, 0.15) is 0 Å². The van der Waals surface area contributed by atoms with E-state index in [0.29, 0.717) is 6.42 Å². The summed E-state index contributed by atoms with van der Waals surface area (Å²) in [4.78, 5) is 11.2. The SMILES string of the molecule is NCNC(=O)C(N)Cc1ccccc1. The van der Waals surface area contributed by atoms with E-state index in [0.717, 1.165) is 5.56 Å². The lowest BCUT2D eigenvalue weighted by Gasteiger charge is -2.10. The first-order chi connectivity index (χ1) is 6.74. The first kappa shape index (κ1) is 10.7. The average Bonchev–Trinajstić information content (AvgIpc) is 2.19. The molecule has 0 aliphatic rings. The third-order valence-electron chi connectivity index (χ3n) is 1.91. The van der Waals surface area contributed by atoms with Crippen molar-refractivity contribution < 1.29 is 4.79 Å². The largest absolute Gasteiger partial charge is 0.342 e. The molecule has 1 aromatic carbocycles. The molecule has 1 aromatic rings. The summed E-state index contributed by atoms with van der Waals surface area (Å²) < 4.78 is 0. The number of amides is 1. The van der Waals surface area contributed by atoms with Crippen molar-refractivity contribution in [3.05, 3.63) is 35.9 Å². The van der Waals surface area contributed by atoms with Crippen LogP contribution in [0.4, 0.5) is 0 Å². The lowest BCUT2D eigenvalue weighted by Crippen LogP contribution is -2.44. The van der Waals surface area contributed by atoms with Gasteiger partial charge in [-0.1, -0.05) is 30.3 Å². The maximum absolute atomic E-state index is 11.2. The molecule has 0 aromatic heterocycles. The summed E-state index contributed by atoms with van der Waals surface area (Å²) in [5.41, 5.74) is 11.9. The second-order valence-corrected chi connectivity index (χ2v) is 3.04. The molecule has 1 unspecified atom stereocenters. The van der Waals surface area contributed by atoms with Crippen molar-refractivity contribution in [2.24, 2.45) is 11.5 Å². The molecule has 0 aliphatic carbocycles. The molecule has 14 heavy (non-hydrogen) atoms. The Labute approximate surface area is 83.3 Å². The van der Waals surface area contributed by atoms with Gasteiger partial charge >= 0.3 is 0 Å². The Balaban J connectivity index is 2.49. The van der Waals surface area contributed by atoms with Gasteiger partial charge in [0, 0.05) is 0 Å². The highest BCUT2D eigenvalue weighted by Crippen LogP contribution is 2.01. The van der Waals surface area contributed by atoms with E-state index < -0.39 is 6.04 Å². The summed E-state index contributed by atoms with van der Waals surface area (Å²) in [6.07, 6.45) is 0.534. The van der Waals surface area contributed by atoms with Gasteiger partial charge in [0.05, 0.1) is 12.7 Å². The van der Waals surface area contributed by atoms with Crippen LogP contribution in [0.5, 0.6) is 0 Å². The van der Waals surface area contributed by atoms with Crippen LogP contribution in [0.25, 0.3) is 0 Å². The molecule has 0 radical (unpaired) electrons. The number of carbonyl (C=O) groups excluding carboxylic acids is 1. The van der Waals surface area contributed by atoms with Gasteiger partial charge in [-0.2, -0.15) is 0 Å². The third kappa shape index (κ3) is 3.16. The van der Waals surface area contributed by atoms with Crippen LogP contribution in [0.15, 0.2) is 30.3 Å². The minimum absolute atomic E-state index is 0.126. The van der Waals surface area contributed by atoms with Crippen LogP contribution in [-0.2, 0) is 11.2 Å². The predicted molar refractivity (Wildman–Crippen MR) is 55.3 cm³/mol. The van der Waals surface area contributed by atoms with Crippen LogP contribution in [-0.4, -0.2) is 18.6 Å². The second kappa shape index (κ2) is 5.36. The van der Waals surface area contributed by atoms with E-state index in [4.69, 9.17) is 11.5 Å². The standard InChI is InChI=1S/C10H15N3O/c11-7-13-10(14)9(12)6-8-4-2-1-3-5-8/h1-5,9H,6-7,11-12H2,(H,13,14). The Morgan fingerprint density at radius 3 is 2.57 bits per heavy atom. The van der Waals surface area contributed by atoms with Crippen LogP contribution in [0.2, 0.25) is 0 Å². The number of nitrogens with two attached hydrogens (primary N) is 2. The maximum Gasteiger partial charge on any atom is 0.238 e. The Morgan fingerprint density at radius 2 is 2.00 bits per heavy atom. The molecule has 5 N–H and O–H groups in total. The highest BCUT2D eigenvalue weighted by molar-refractivity contribution is 5.81. The quantitative estimate of drug-likeness (QED) is 0.568. The molecule has 4 heteroatoms. The molecule has 0 saturated heterocycles. The number of carbonyl (C=O) groups is 1. The molecule has 0 fully saturated rings. The average molecular weight is 193 g/mol. The van der Waals surface area contributed by atoms with Crippen LogP contribution in [0, 0.1) is 0 Å². The number of hydrogen-bond acceptors (Lipinski definition) is 3. The lowest BCUT2D eigenvalue weighted by molar-refractivity contribution is -0.122. The summed E-state index contributed by atoms with van der Waals surface area (Å²) in [7, 11) is 0. The lowest BCUT2D eigenvalue weighted by atomic mass is 10.1. The Bertz CT molecular complexity index is 287. The monoisotopic (exact) mass is 193 g/mol. The Morgan fingerprint density at radius 1 is 1.36 bits per heavy atom. The van der Waals surface area contributed by atoms with Gasteiger partial charge in [-0.15, -0.1) is 0 Å². The third-order valence-corrected chi connectivity index (χ3v) is 1.91. The van der Waals surface area contributed by atoms with Crippen molar-refractivity contribution in [3.8, 4) is 0 Å². The van der Waals surface area contributed by atoms with E-state index in [9.17, 15) is 4.79 Å². The zero-order chi connectivity index (χ0) is 10.4. The zero-order valence-corrected chi connectivity index (χ0v) is 7.94. The van der Waals surface area contributed by atoms with Gasteiger partial charge in [-0.05, 0) is 12.0 Å². The molecule has 1 atom stereocenters. The first-order valence-electron chi connectivity index (χ1n) is 4.51. The van der Waals surface area contributed by atoms with E-state index in [1.807, 2.05) is 30.3 Å². The maximum atomic E-state index is 11.2. The summed E-state index contributed by atoms with van der Waals surface area (Å²) in [5, 5.41) is 2.48. The molecule has 0 bridgehead atoms. The van der Waals surface area contributed by atoms with Gasteiger partial charge in [0.25, 0.3) is 0 Å². The van der Waals surface area contributed by atoms with Gasteiger partial charge < -0.3 is 16.8 Å². The van der Waals surface area contributed by atoms with Crippen LogP contribution >= 0.6 is 0 Å². The fourth-order valence-electron chi connectivity index (χ4n) is 1.19. The van der Waals surface area contributed by atoms with Crippen LogP contribution in [0.3, 0.4) is 0 Å². The number of benzene rings is 1. The summed E-state index contributed by atoms with van der Waals surface area (Å²) in [5.74, 6) is -0.212. The van der Waals surface area contributed by atoms with Crippen molar-refractivity contribution >= 4 is 5.91 Å². The van der Waals surface area contributed by atoms with Crippen molar-refractivity contribution in [1.29, 1.82) is 0 Å². The Hall–Kier alpha value is -1.39. The van der Waals surface area contributed by atoms with E-state index >= 15 is 0 Å². The summed E-state index contributed by atoms with van der Waals surface area (Å²) >= 11 is 0. The normalized spacial score (nSPS) is 12.1. The Kier molecular flexibility index (Phi) is 4.10. The smallest absolute Gasteiger partial charge is 0.238 e. The molecule has 1 rings (SSSR count). The first-order valence-corrected chi connectivity index (χ1v) is 4.51. The minimum atomic E-state index is -0.527. The van der Waals surface area contributed by atoms with Crippen molar-refractivity contribution in [2.45, 2.75) is 12.5 Å². The van der Waals surface area contributed by atoms with Crippen molar-refractivity contribution in [3.63, 3.8) is 0 Å². The molecular formula is C10H15N3O. The van der Waals surface area contributed by atoms with Gasteiger partial charge in [-0.25, -0.2) is 0 Å². The molecule has 0 aliphatic heterocycles. The number of nitrogens with one attached hydrogen (secondary N) is 1. The summed E-state index contributed by atoms with van der Waals surface area (Å²) in [6.45, 7) is 0.126. The highest BCUT2D eigenvalue weighted by Gasteiger charge is 2.12. The molecular weight excluding hydrogens is 178 g/mol. The molecule has 1 amide bonds. The van der Waals surface area contributed by atoms with Crippen LogP contribution < -0.4 is 16.8 Å². The van der Waals surface area contributed by atoms with Gasteiger partial charge in [-0.3, -0.25) is 4.79 Å². The predicted octanol–water partition coefficient (Wildman–Crippen LogP) is -0.411. The summed E-state index contributed by atoms with van der Waals surface area (Å²) in [6, 6.07) is 9.12. The zero-order valence-electron chi connectivity index (χ0n) is 7.94. The van der Waals surface area contributed by atoms with Crippen molar-refractivity contribution in [1.82, 2.24) is 5.32 Å². The van der Waals surface area contributed by atoms with E-state index in [2.05, 4.69) is 5.32 Å². The van der Waals surface area contributed by atoms with E-state index in [1.54, 1.807) is 0 Å². The molecule has 4 nitrogen and oxygen atoms in total. The fourth-order valence-corrected chi connectivity index (χ4v) is 1.19. The second-order valence-electron chi connectivity index (χ2n) is 3.04. The van der Waals surface area contributed by atoms with Gasteiger partial charge in [0.15, 0.2) is 0 Å². The number of hydrogen-bond donors (Lipinski definition) is 3. The van der Waals surface area contributed by atoms with E-state index in [1.165, 1.54) is 0 Å². The van der Waals surface area contributed by atoms with E-state index in [-0.39, 0.29) is 12.6 Å². The number of rotatable bonds is 4. The van der Waals surface area contributed by atoms with Crippen LogP contribution in [0.1, 0.15) is 5.56 Å². The molecule has 0 spiro atoms. The molecule has 0 saturated carbocycles. The molecule has 76 valence electrons. The van der Waals surface area contributed by atoms with Crippen molar-refractivity contribution in [2.75, 3.05) is 6.67 Å². The van der Waals surface area contributed by atoms with Gasteiger partial charge in [0.2, 0.25) is 5.91 Å².